The van der Waals surface area contributed by atoms with E-state index >= 15 is 0 Å². The maximum Gasteiger partial charge on any atom is 0.234 e. The maximum atomic E-state index is 11.4. The van der Waals surface area contributed by atoms with Gasteiger partial charge in [0.25, 0.3) is 0 Å². The molecule has 0 rings (SSSR count). The van der Waals surface area contributed by atoms with Gasteiger partial charge in [0.2, 0.25) is 5.91 Å². The lowest BCUT2D eigenvalue weighted by molar-refractivity contribution is -0.121. The minimum atomic E-state index is 0.0787. The van der Waals surface area contributed by atoms with Crippen LogP contribution in [-0.4, -0.2) is 50.6 Å². The van der Waals surface area contributed by atoms with Gasteiger partial charge in [0.1, 0.15) is 0 Å². The Morgan fingerprint density at radius 3 is 2.33 bits per heavy atom. The van der Waals surface area contributed by atoms with E-state index in [0.717, 1.165) is 13.1 Å². The van der Waals surface area contributed by atoms with Crippen LogP contribution >= 0.6 is 0 Å². The lowest BCUT2D eigenvalue weighted by Gasteiger charge is -2.17. The SMILES string of the molecule is CC(C)C(C)NC(=O)CNCCN(C)C. The minimum absolute atomic E-state index is 0.0787. The molecule has 1 unspecified atom stereocenters. The highest BCUT2D eigenvalue weighted by Gasteiger charge is 2.09. The van der Waals surface area contributed by atoms with Crippen LogP contribution in [0.5, 0.6) is 0 Å². The van der Waals surface area contributed by atoms with Crippen molar-refractivity contribution in [3.05, 3.63) is 0 Å². The first-order chi connectivity index (χ1) is 6.93. The van der Waals surface area contributed by atoms with Crippen LogP contribution in [0.3, 0.4) is 0 Å². The largest absolute Gasteiger partial charge is 0.352 e. The zero-order chi connectivity index (χ0) is 11.8. The molecule has 0 aromatic carbocycles. The van der Waals surface area contributed by atoms with Crippen molar-refractivity contribution in [2.24, 2.45) is 5.92 Å². The fraction of sp³-hybridized carbons (Fsp3) is 0.909. The van der Waals surface area contributed by atoms with Crippen molar-refractivity contribution in [2.75, 3.05) is 33.7 Å². The Hall–Kier alpha value is -0.610. The molecule has 90 valence electrons. The van der Waals surface area contributed by atoms with Gasteiger partial charge in [0.15, 0.2) is 0 Å². The summed E-state index contributed by atoms with van der Waals surface area (Å²) in [7, 11) is 4.03. The number of likely N-dealkylation sites (N-methyl/N-ethyl adjacent to an activating group) is 1. The number of rotatable bonds is 7. The van der Waals surface area contributed by atoms with E-state index in [2.05, 4.69) is 29.4 Å². The number of carbonyl (C=O) groups is 1. The first kappa shape index (κ1) is 14.4. The molecule has 1 amide bonds. The summed E-state index contributed by atoms with van der Waals surface area (Å²) >= 11 is 0. The van der Waals surface area contributed by atoms with Crippen LogP contribution in [-0.2, 0) is 4.79 Å². The molecule has 15 heavy (non-hydrogen) atoms. The van der Waals surface area contributed by atoms with E-state index in [1.54, 1.807) is 0 Å². The van der Waals surface area contributed by atoms with Gasteiger partial charge in [-0.25, -0.2) is 0 Å². The average Bonchev–Trinajstić information content (AvgIpc) is 2.12. The monoisotopic (exact) mass is 215 g/mol. The molecule has 0 aromatic rings. The quantitative estimate of drug-likeness (QED) is 0.600. The van der Waals surface area contributed by atoms with Gasteiger partial charge in [-0.2, -0.15) is 0 Å². The highest BCUT2D eigenvalue weighted by Crippen LogP contribution is 1.98. The number of amides is 1. The third-order valence-electron chi connectivity index (χ3n) is 2.41. The molecule has 0 aromatic heterocycles. The van der Waals surface area contributed by atoms with Crippen molar-refractivity contribution in [2.45, 2.75) is 26.8 Å². The van der Waals surface area contributed by atoms with E-state index in [4.69, 9.17) is 0 Å². The van der Waals surface area contributed by atoms with Crippen LogP contribution in [0.1, 0.15) is 20.8 Å². The highest BCUT2D eigenvalue weighted by atomic mass is 16.1. The molecular formula is C11H25N3O. The summed E-state index contributed by atoms with van der Waals surface area (Å²) < 4.78 is 0. The summed E-state index contributed by atoms with van der Waals surface area (Å²) in [4.78, 5) is 13.5. The summed E-state index contributed by atoms with van der Waals surface area (Å²) in [5.41, 5.74) is 0. The Bertz CT molecular complexity index is 181. The summed E-state index contributed by atoms with van der Waals surface area (Å²) in [6.07, 6.45) is 0. The second kappa shape index (κ2) is 7.65. The Labute approximate surface area is 93.4 Å². The predicted molar refractivity (Wildman–Crippen MR) is 63.9 cm³/mol. The molecule has 0 saturated carbocycles. The first-order valence-electron chi connectivity index (χ1n) is 5.58. The number of hydrogen-bond acceptors (Lipinski definition) is 3. The lowest BCUT2D eigenvalue weighted by Crippen LogP contribution is -2.42. The van der Waals surface area contributed by atoms with Crippen LogP contribution in [0, 0.1) is 5.92 Å². The van der Waals surface area contributed by atoms with E-state index in [-0.39, 0.29) is 11.9 Å². The molecule has 0 aliphatic carbocycles. The molecule has 0 aliphatic heterocycles. The Morgan fingerprint density at radius 1 is 1.27 bits per heavy atom. The van der Waals surface area contributed by atoms with Crippen molar-refractivity contribution in [3.63, 3.8) is 0 Å². The molecule has 2 N–H and O–H groups in total. The number of nitrogens with one attached hydrogen (secondary N) is 2. The van der Waals surface area contributed by atoms with Gasteiger partial charge >= 0.3 is 0 Å². The minimum Gasteiger partial charge on any atom is -0.352 e. The molecule has 4 heteroatoms. The van der Waals surface area contributed by atoms with E-state index in [1.807, 2.05) is 21.0 Å². The second-order valence-electron chi connectivity index (χ2n) is 4.58. The number of nitrogens with zero attached hydrogens (tertiary/aromatic N) is 1. The summed E-state index contributed by atoms with van der Waals surface area (Å²) in [5.74, 6) is 0.561. The molecule has 0 heterocycles. The van der Waals surface area contributed by atoms with Gasteiger partial charge in [0, 0.05) is 19.1 Å². The summed E-state index contributed by atoms with van der Waals surface area (Å²) in [6, 6.07) is 0.244. The molecule has 0 bridgehead atoms. The van der Waals surface area contributed by atoms with Crippen LogP contribution in [0.15, 0.2) is 0 Å². The second-order valence-corrected chi connectivity index (χ2v) is 4.58. The van der Waals surface area contributed by atoms with Crippen molar-refractivity contribution < 1.29 is 4.79 Å². The van der Waals surface area contributed by atoms with E-state index in [1.165, 1.54) is 0 Å². The van der Waals surface area contributed by atoms with Gasteiger partial charge in [-0.15, -0.1) is 0 Å². The van der Waals surface area contributed by atoms with Gasteiger partial charge in [-0.1, -0.05) is 13.8 Å². The number of carbonyl (C=O) groups excluding carboxylic acids is 1. The van der Waals surface area contributed by atoms with Gasteiger partial charge < -0.3 is 15.5 Å². The fourth-order valence-electron chi connectivity index (χ4n) is 0.976. The van der Waals surface area contributed by atoms with Gasteiger partial charge in [-0.3, -0.25) is 4.79 Å². The highest BCUT2D eigenvalue weighted by molar-refractivity contribution is 5.78. The Kier molecular flexibility index (Phi) is 7.34. The summed E-state index contributed by atoms with van der Waals surface area (Å²) in [5, 5.41) is 6.06. The third-order valence-corrected chi connectivity index (χ3v) is 2.41. The summed E-state index contributed by atoms with van der Waals surface area (Å²) in [6.45, 7) is 8.44. The lowest BCUT2D eigenvalue weighted by atomic mass is 10.1. The van der Waals surface area contributed by atoms with Crippen molar-refractivity contribution in [3.8, 4) is 0 Å². The van der Waals surface area contributed by atoms with Crippen molar-refractivity contribution in [1.82, 2.24) is 15.5 Å². The maximum absolute atomic E-state index is 11.4. The van der Waals surface area contributed by atoms with Crippen LogP contribution < -0.4 is 10.6 Å². The topological polar surface area (TPSA) is 44.4 Å². The molecule has 0 saturated heterocycles. The zero-order valence-electron chi connectivity index (χ0n) is 10.6. The van der Waals surface area contributed by atoms with E-state index in [9.17, 15) is 4.79 Å². The van der Waals surface area contributed by atoms with Crippen LogP contribution in [0.25, 0.3) is 0 Å². The molecule has 0 aliphatic rings. The molecule has 1 atom stereocenters. The number of hydrogen-bond donors (Lipinski definition) is 2. The average molecular weight is 215 g/mol. The molecule has 0 spiro atoms. The first-order valence-corrected chi connectivity index (χ1v) is 5.58. The van der Waals surface area contributed by atoms with Crippen LogP contribution in [0.4, 0.5) is 0 Å². The smallest absolute Gasteiger partial charge is 0.234 e. The van der Waals surface area contributed by atoms with Crippen molar-refractivity contribution >= 4 is 5.91 Å². The van der Waals surface area contributed by atoms with Gasteiger partial charge in [-0.05, 0) is 26.9 Å². The predicted octanol–water partition coefficient (Wildman–Crippen LogP) is 0.298. The van der Waals surface area contributed by atoms with Crippen molar-refractivity contribution in [1.29, 1.82) is 0 Å². The normalized spacial score (nSPS) is 13.3. The molecule has 4 nitrogen and oxygen atoms in total. The van der Waals surface area contributed by atoms with Gasteiger partial charge in [0.05, 0.1) is 6.54 Å². The third kappa shape index (κ3) is 8.39. The Morgan fingerprint density at radius 2 is 1.87 bits per heavy atom. The standard InChI is InChI=1S/C11H25N3O/c1-9(2)10(3)13-11(15)8-12-6-7-14(4)5/h9-10,12H,6-8H2,1-5H3,(H,13,15). The zero-order valence-corrected chi connectivity index (χ0v) is 10.6. The molecule has 0 radical (unpaired) electrons. The molecule has 0 fully saturated rings. The molecular weight excluding hydrogens is 190 g/mol. The van der Waals surface area contributed by atoms with E-state index < -0.39 is 0 Å². The fourth-order valence-corrected chi connectivity index (χ4v) is 0.976. The van der Waals surface area contributed by atoms with Crippen LogP contribution in [0.2, 0.25) is 0 Å². The van der Waals surface area contributed by atoms with E-state index in [0.29, 0.717) is 12.5 Å². The Balaban J connectivity index is 3.49.